The number of anilines is 1. The van der Waals surface area contributed by atoms with Gasteiger partial charge in [0, 0.05) is 21.8 Å². The molecule has 0 saturated heterocycles. The third kappa shape index (κ3) is 3.29. The summed E-state index contributed by atoms with van der Waals surface area (Å²) in [5.41, 5.74) is 3.32. The van der Waals surface area contributed by atoms with Gasteiger partial charge in [-0.1, -0.05) is 0 Å². The third-order valence-corrected chi connectivity index (χ3v) is 5.30. The smallest absolute Gasteiger partial charge is 0.258 e. The zero-order valence-corrected chi connectivity index (χ0v) is 15.3. The monoisotopic (exact) mass is 418 g/mol. The van der Waals surface area contributed by atoms with E-state index in [9.17, 15) is 9.18 Å². The molecule has 7 heteroatoms. The number of rotatable bonds is 3. The number of amides is 1. The molecule has 0 saturated carbocycles. The van der Waals surface area contributed by atoms with E-state index in [0.717, 1.165) is 23.4 Å². The van der Waals surface area contributed by atoms with Gasteiger partial charge in [0.1, 0.15) is 11.6 Å². The average molecular weight is 419 g/mol. The number of nitrogens with one attached hydrogen (secondary N) is 1. The minimum Gasteiger partial charge on any atom is -0.493 e. The van der Waals surface area contributed by atoms with Crippen LogP contribution < -0.4 is 10.1 Å². The van der Waals surface area contributed by atoms with Gasteiger partial charge in [-0.3, -0.25) is 10.1 Å². The van der Waals surface area contributed by atoms with Crippen molar-refractivity contribution in [3.8, 4) is 17.0 Å². The number of thiazole rings is 1. The highest BCUT2D eigenvalue weighted by atomic mass is 79.9. The van der Waals surface area contributed by atoms with Gasteiger partial charge >= 0.3 is 0 Å². The second kappa shape index (κ2) is 6.57. The zero-order chi connectivity index (χ0) is 17.4. The van der Waals surface area contributed by atoms with Crippen LogP contribution in [0.5, 0.6) is 5.75 Å². The lowest BCUT2D eigenvalue weighted by atomic mass is 10.1. The molecule has 0 aliphatic carbocycles. The lowest BCUT2D eigenvalue weighted by Crippen LogP contribution is -2.12. The molecule has 0 atom stereocenters. The number of ether oxygens (including phenoxy) is 1. The number of carbonyl (C=O) groups is 1. The fourth-order valence-electron chi connectivity index (χ4n) is 2.65. The molecule has 3 aromatic rings. The van der Waals surface area contributed by atoms with Crippen molar-refractivity contribution in [3.05, 3.63) is 63.2 Å². The fraction of sp³-hybridized carbons (Fsp3) is 0.111. The molecule has 0 unspecified atom stereocenters. The standard InChI is InChI=1S/C18H12BrFN2O2S/c19-14-8-12(20)2-3-13(14)17(23)22-18-21-15(9-25-18)10-1-4-16-11(7-10)5-6-24-16/h1-4,7-9H,5-6H2,(H,21,22,23). The van der Waals surface area contributed by atoms with Crippen LogP contribution in [0.1, 0.15) is 15.9 Å². The quantitative estimate of drug-likeness (QED) is 0.657. The number of hydrogen-bond acceptors (Lipinski definition) is 4. The minimum absolute atomic E-state index is 0.338. The van der Waals surface area contributed by atoms with Crippen LogP contribution in [0.4, 0.5) is 9.52 Å². The summed E-state index contributed by atoms with van der Waals surface area (Å²) < 4.78 is 19.1. The van der Waals surface area contributed by atoms with Crippen molar-refractivity contribution in [1.29, 1.82) is 0 Å². The Kier molecular flexibility index (Phi) is 4.27. The lowest BCUT2D eigenvalue weighted by Gasteiger charge is -2.04. The first-order valence-electron chi connectivity index (χ1n) is 7.58. The molecular weight excluding hydrogens is 407 g/mol. The Morgan fingerprint density at radius 2 is 2.16 bits per heavy atom. The number of aromatic nitrogens is 1. The van der Waals surface area contributed by atoms with E-state index in [2.05, 4.69) is 32.3 Å². The van der Waals surface area contributed by atoms with Crippen molar-refractivity contribution in [3.63, 3.8) is 0 Å². The molecule has 126 valence electrons. The van der Waals surface area contributed by atoms with Crippen molar-refractivity contribution in [2.45, 2.75) is 6.42 Å². The second-order valence-corrected chi connectivity index (χ2v) is 7.25. The molecule has 4 rings (SSSR count). The van der Waals surface area contributed by atoms with Gasteiger partial charge in [-0.15, -0.1) is 11.3 Å². The Bertz CT molecular complexity index is 973. The highest BCUT2D eigenvalue weighted by Gasteiger charge is 2.16. The highest BCUT2D eigenvalue weighted by molar-refractivity contribution is 9.10. The molecule has 0 spiro atoms. The summed E-state index contributed by atoms with van der Waals surface area (Å²) in [6, 6.07) is 9.92. The van der Waals surface area contributed by atoms with Gasteiger partial charge < -0.3 is 4.74 Å². The molecule has 0 bridgehead atoms. The second-order valence-electron chi connectivity index (χ2n) is 5.54. The van der Waals surface area contributed by atoms with Gasteiger partial charge in [-0.05, 0) is 57.9 Å². The number of carbonyl (C=O) groups excluding carboxylic acids is 1. The van der Waals surface area contributed by atoms with Crippen LogP contribution in [0.25, 0.3) is 11.3 Å². The molecule has 1 amide bonds. The third-order valence-electron chi connectivity index (χ3n) is 3.89. The van der Waals surface area contributed by atoms with Crippen LogP contribution in [0.15, 0.2) is 46.3 Å². The summed E-state index contributed by atoms with van der Waals surface area (Å²) in [7, 11) is 0. The number of hydrogen-bond donors (Lipinski definition) is 1. The summed E-state index contributed by atoms with van der Waals surface area (Å²) >= 11 is 4.55. The van der Waals surface area contributed by atoms with Crippen LogP contribution >= 0.6 is 27.3 Å². The molecule has 1 aromatic heterocycles. The Labute approximate surface area is 155 Å². The predicted octanol–water partition coefficient (Wildman–Crippen LogP) is 4.90. The van der Waals surface area contributed by atoms with Gasteiger partial charge in [0.2, 0.25) is 0 Å². The SMILES string of the molecule is O=C(Nc1nc(-c2ccc3c(c2)CCO3)cs1)c1ccc(F)cc1Br. The number of nitrogens with zero attached hydrogens (tertiary/aromatic N) is 1. The van der Waals surface area contributed by atoms with Crippen molar-refractivity contribution in [2.24, 2.45) is 0 Å². The van der Waals surface area contributed by atoms with Gasteiger partial charge in [0.05, 0.1) is 17.9 Å². The molecule has 1 N–H and O–H groups in total. The Morgan fingerprint density at radius 1 is 1.28 bits per heavy atom. The largest absolute Gasteiger partial charge is 0.493 e. The van der Waals surface area contributed by atoms with Crippen molar-refractivity contribution < 1.29 is 13.9 Å². The predicted molar refractivity (Wildman–Crippen MR) is 98.8 cm³/mol. The maximum Gasteiger partial charge on any atom is 0.258 e. The van der Waals surface area contributed by atoms with Crippen molar-refractivity contribution in [2.75, 3.05) is 11.9 Å². The topological polar surface area (TPSA) is 51.2 Å². The van der Waals surface area contributed by atoms with Crippen LogP contribution in [-0.4, -0.2) is 17.5 Å². The first-order chi connectivity index (χ1) is 12.1. The summed E-state index contributed by atoms with van der Waals surface area (Å²) in [6.07, 6.45) is 0.898. The molecule has 1 aliphatic heterocycles. The van der Waals surface area contributed by atoms with Crippen LogP contribution in [-0.2, 0) is 6.42 Å². The molecular formula is C18H12BrFN2O2S. The van der Waals surface area contributed by atoms with E-state index in [4.69, 9.17) is 4.74 Å². The summed E-state index contributed by atoms with van der Waals surface area (Å²) in [6.45, 7) is 0.712. The normalized spacial score (nSPS) is 12.6. The molecule has 2 aromatic carbocycles. The van der Waals surface area contributed by atoms with Crippen LogP contribution in [0, 0.1) is 5.82 Å². The molecule has 25 heavy (non-hydrogen) atoms. The summed E-state index contributed by atoms with van der Waals surface area (Å²) in [4.78, 5) is 16.8. The Morgan fingerprint density at radius 3 is 3.00 bits per heavy atom. The van der Waals surface area contributed by atoms with Crippen molar-refractivity contribution >= 4 is 38.3 Å². The van der Waals surface area contributed by atoms with E-state index >= 15 is 0 Å². The van der Waals surface area contributed by atoms with E-state index in [1.165, 1.54) is 35.1 Å². The summed E-state index contributed by atoms with van der Waals surface area (Å²) in [5.74, 6) is 0.185. The van der Waals surface area contributed by atoms with E-state index in [1.807, 2.05) is 17.5 Å². The highest BCUT2D eigenvalue weighted by Crippen LogP contribution is 2.32. The number of benzene rings is 2. The molecule has 4 nitrogen and oxygen atoms in total. The molecule has 0 radical (unpaired) electrons. The molecule has 1 aliphatic rings. The van der Waals surface area contributed by atoms with Gasteiger partial charge in [-0.25, -0.2) is 9.37 Å². The number of fused-ring (bicyclic) bond motifs is 1. The Hall–Kier alpha value is -2.25. The Balaban J connectivity index is 1.54. The summed E-state index contributed by atoms with van der Waals surface area (Å²) in [5, 5.41) is 5.14. The maximum absolute atomic E-state index is 13.1. The van der Waals surface area contributed by atoms with E-state index < -0.39 is 5.82 Å². The lowest BCUT2D eigenvalue weighted by molar-refractivity contribution is 0.102. The van der Waals surface area contributed by atoms with E-state index in [-0.39, 0.29) is 5.91 Å². The van der Waals surface area contributed by atoms with E-state index in [1.54, 1.807) is 0 Å². The fourth-order valence-corrected chi connectivity index (χ4v) is 3.89. The molecule has 0 fully saturated rings. The van der Waals surface area contributed by atoms with Gasteiger partial charge in [0.25, 0.3) is 5.91 Å². The first kappa shape index (κ1) is 16.2. The maximum atomic E-state index is 13.1. The zero-order valence-electron chi connectivity index (χ0n) is 12.9. The first-order valence-corrected chi connectivity index (χ1v) is 9.25. The van der Waals surface area contributed by atoms with Gasteiger partial charge in [0.15, 0.2) is 5.13 Å². The van der Waals surface area contributed by atoms with Crippen molar-refractivity contribution in [1.82, 2.24) is 4.98 Å². The number of halogens is 2. The van der Waals surface area contributed by atoms with E-state index in [0.29, 0.717) is 21.8 Å². The molecule has 2 heterocycles. The average Bonchev–Trinajstić information content (AvgIpc) is 3.22. The van der Waals surface area contributed by atoms with Crippen LogP contribution in [0.3, 0.4) is 0 Å². The minimum atomic E-state index is -0.402. The van der Waals surface area contributed by atoms with Gasteiger partial charge in [-0.2, -0.15) is 0 Å². The van der Waals surface area contributed by atoms with Crippen LogP contribution in [0.2, 0.25) is 0 Å².